The number of Topliss-reactive ketones (excluding diaryl/α,β-unsaturated/α-hetero) is 1. The number of thiocarbonyl (C=S) groups is 1. The molecule has 0 spiro atoms. The maximum Gasteiger partial charge on any atom is 0.318 e. The Morgan fingerprint density at radius 3 is 2.38 bits per heavy atom. The number of rotatable bonds is 4. The first-order valence-electron chi connectivity index (χ1n) is 9.25. The third-order valence-corrected chi connectivity index (χ3v) is 4.66. The molecule has 0 aliphatic carbocycles. The average Bonchev–Trinajstić information content (AvgIpc) is 3.09. The van der Waals surface area contributed by atoms with Crippen LogP contribution >= 0.6 is 12.2 Å². The highest BCUT2D eigenvalue weighted by molar-refractivity contribution is 7.80. The molecule has 2 aromatic rings. The summed E-state index contributed by atoms with van der Waals surface area (Å²) in [5.41, 5.74) is 1.28. The third kappa shape index (κ3) is 4.74. The van der Waals surface area contributed by atoms with Crippen molar-refractivity contribution in [2.75, 3.05) is 0 Å². The molecule has 152 valence electrons. The number of nitrogens with one attached hydrogen (secondary N) is 2. The summed E-state index contributed by atoms with van der Waals surface area (Å²) in [5.74, 6) is 0.0352. The van der Waals surface area contributed by atoms with E-state index in [1.54, 1.807) is 18.2 Å². The molecule has 1 aliphatic heterocycles. The number of carbonyl (C=O) groups is 2. The Hall–Kier alpha value is -2.93. The van der Waals surface area contributed by atoms with Crippen molar-refractivity contribution in [1.82, 2.24) is 10.6 Å². The molecule has 0 radical (unpaired) electrons. The van der Waals surface area contributed by atoms with E-state index in [0.717, 1.165) is 5.56 Å². The summed E-state index contributed by atoms with van der Waals surface area (Å²) in [5, 5.41) is 6.36. The van der Waals surface area contributed by atoms with E-state index < -0.39 is 23.5 Å². The Kier molecular flexibility index (Phi) is 5.61. The van der Waals surface area contributed by atoms with E-state index in [2.05, 4.69) is 17.2 Å². The molecule has 2 N–H and O–H groups in total. The van der Waals surface area contributed by atoms with Crippen molar-refractivity contribution >= 4 is 29.1 Å². The second-order valence-electron chi connectivity index (χ2n) is 7.95. The minimum absolute atomic E-state index is 0.00261. The number of carbonyl (C=O) groups excluding carboxylic acids is 2. The SMILES string of the molecule is C=C1NC(=S)N[C@H](c2ccc(-c3ccc(C(C)=O)cc3)o2)[C@H]1C(=O)OC(C)(C)C. The highest BCUT2D eigenvalue weighted by Gasteiger charge is 2.40. The Morgan fingerprint density at radius 2 is 1.79 bits per heavy atom. The number of ketones is 1. The molecule has 7 heteroatoms. The first-order valence-corrected chi connectivity index (χ1v) is 9.66. The summed E-state index contributed by atoms with van der Waals surface area (Å²) in [4.78, 5) is 24.3. The monoisotopic (exact) mass is 412 g/mol. The summed E-state index contributed by atoms with van der Waals surface area (Å²) in [6, 6.07) is 10.2. The van der Waals surface area contributed by atoms with Gasteiger partial charge in [0.1, 0.15) is 29.1 Å². The highest BCUT2D eigenvalue weighted by atomic mass is 32.1. The zero-order valence-electron chi connectivity index (χ0n) is 16.9. The predicted octanol–water partition coefficient (Wildman–Crippen LogP) is 4.14. The van der Waals surface area contributed by atoms with E-state index >= 15 is 0 Å². The van der Waals surface area contributed by atoms with Crippen LogP contribution in [0, 0.1) is 5.92 Å². The fourth-order valence-electron chi connectivity index (χ4n) is 3.11. The minimum atomic E-state index is -0.708. The second kappa shape index (κ2) is 7.83. The molecule has 29 heavy (non-hydrogen) atoms. The van der Waals surface area contributed by atoms with E-state index in [0.29, 0.717) is 27.9 Å². The van der Waals surface area contributed by atoms with Crippen LogP contribution in [0.25, 0.3) is 11.3 Å². The van der Waals surface area contributed by atoms with Gasteiger partial charge in [0.2, 0.25) is 0 Å². The van der Waals surface area contributed by atoms with Crippen LogP contribution in [0.4, 0.5) is 0 Å². The lowest BCUT2D eigenvalue weighted by Crippen LogP contribution is -2.51. The van der Waals surface area contributed by atoms with Gasteiger partial charge in [-0.1, -0.05) is 30.8 Å². The lowest BCUT2D eigenvalue weighted by molar-refractivity contribution is -0.160. The lowest BCUT2D eigenvalue weighted by atomic mass is 9.92. The molecule has 0 saturated carbocycles. The van der Waals surface area contributed by atoms with Crippen molar-refractivity contribution in [1.29, 1.82) is 0 Å². The van der Waals surface area contributed by atoms with Crippen molar-refractivity contribution in [3.8, 4) is 11.3 Å². The zero-order valence-corrected chi connectivity index (χ0v) is 17.7. The summed E-state index contributed by atoms with van der Waals surface area (Å²) in [7, 11) is 0. The largest absolute Gasteiger partial charge is 0.459 e. The third-order valence-electron chi connectivity index (χ3n) is 4.44. The van der Waals surface area contributed by atoms with Crippen molar-refractivity contribution in [2.24, 2.45) is 5.92 Å². The van der Waals surface area contributed by atoms with Gasteiger partial charge in [-0.05, 0) is 52.0 Å². The van der Waals surface area contributed by atoms with Crippen LogP contribution in [0.2, 0.25) is 0 Å². The molecular weight excluding hydrogens is 388 g/mol. The van der Waals surface area contributed by atoms with Crippen LogP contribution in [0.15, 0.2) is 53.1 Å². The normalized spacial score (nSPS) is 19.3. The molecule has 2 heterocycles. The van der Waals surface area contributed by atoms with Gasteiger partial charge in [-0.25, -0.2) is 0 Å². The molecule has 1 aliphatic rings. The molecule has 6 nitrogen and oxygen atoms in total. The molecule has 3 rings (SSSR count). The Labute approximate surface area is 175 Å². The van der Waals surface area contributed by atoms with Crippen LogP contribution in [-0.2, 0) is 9.53 Å². The van der Waals surface area contributed by atoms with Crippen molar-refractivity contribution < 1.29 is 18.7 Å². The number of ether oxygens (including phenoxy) is 1. The lowest BCUT2D eigenvalue weighted by Gasteiger charge is -2.35. The Balaban J connectivity index is 1.90. The zero-order chi connectivity index (χ0) is 21.3. The second-order valence-corrected chi connectivity index (χ2v) is 8.36. The quantitative estimate of drug-likeness (QED) is 0.444. The highest BCUT2D eigenvalue weighted by Crippen LogP contribution is 2.34. The summed E-state index contributed by atoms with van der Waals surface area (Å²) in [6.07, 6.45) is 0. The molecular formula is C22H24N2O4S. The molecule has 1 aromatic carbocycles. The van der Waals surface area contributed by atoms with E-state index in [4.69, 9.17) is 21.4 Å². The number of furan rings is 1. The van der Waals surface area contributed by atoms with Gasteiger partial charge < -0.3 is 19.8 Å². The Morgan fingerprint density at radius 1 is 1.14 bits per heavy atom. The van der Waals surface area contributed by atoms with Crippen LogP contribution in [0.3, 0.4) is 0 Å². The van der Waals surface area contributed by atoms with Crippen molar-refractivity contribution in [2.45, 2.75) is 39.3 Å². The first kappa shape index (κ1) is 20.8. The molecule has 0 amide bonds. The summed E-state index contributed by atoms with van der Waals surface area (Å²) >= 11 is 5.24. The van der Waals surface area contributed by atoms with Gasteiger partial charge in [-0.15, -0.1) is 0 Å². The number of hydrogen-bond donors (Lipinski definition) is 2. The molecule has 0 unspecified atom stereocenters. The van der Waals surface area contributed by atoms with E-state index in [1.165, 1.54) is 6.92 Å². The molecule has 1 saturated heterocycles. The number of hydrogen-bond acceptors (Lipinski definition) is 5. The van der Waals surface area contributed by atoms with Crippen LogP contribution in [0.5, 0.6) is 0 Å². The van der Waals surface area contributed by atoms with Gasteiger partial charge >= 0.3 is 5.97 Å². The summed E-state index contributed by atoms with van der Waals surface area (Å²) < 4.78 is 11.6. The fourth-order valence-corrected chi connectivity index (χ4v) is 3.37. The van der Waals surface area contributed by atoms with Crippen LogP contribution in [0.1, 0.15) is 49.9 Å². The van der Waals surface area contributed by atoms with Gasteiger partial charge in [-0.2, -0.15) is 0 Å². The van der Waals surface area contributed by atoms with Crippen molar-refractivity contribution in [3.05, 3.63) is 60.0 Å². The smallest absolute Gasteiger partial charge is 0.318 e. The van der Waals surface area contributed by atoms with Crippen molar-refractivity contribution in [3.63, 3.8) is 0 Å². The Bertz CT molecular complexity index is 969. The standard InChI is InChI=1S/C22H24N2O4S/c1-12-18(20(26)28-22(3,4)5)19(24-21(29)23-12)17-11-10-16(27-17)15-8-6-14(7-9-15)13(2)25/h6-11,18-19H,1H2,2-5H3,(H2,23,24,29)/t18-,19+/m0/s1. The maximum absolute atomic E-state index is 12.8. The molecule has 1 fully saturated rings. The van der Waals surface area contributed by atoms with Gasteiger partial charge in [0.05, 0.1) is 0 Å². The number of esters is 1. The topological polar surface area (TPSA) is 80.6 Å². The minimum Gasteiger partial charge on any atom is -0.459 e. The average molecular weight is 413 g/mol. The van der Waals surface area contributed by atoms with Gasteiger partial charge in [-0.3, -0.25) is 9.59 Å². The predicted molar refractivity (Wildman–Crippen MR) is 114 cm³/mol. The maximum atomic E-state index is 12.8. The molecule has 0 bridgehead atoms. The fraction of sp³-hybridized carbons (Fsp3) is 0.318. The number of benzene rings is 1. The van der Waals surface area contributed by atoms with Crippen LogP contribution in [-0.4, -0.2) is 22.5 Å². The van der Waals surface area contributed by atoms with Gasteiger partial charge in [0, 0.05) is 16.8 Å². The first-order chi connectivity index (χ1) is 13.5. The van der Waals surface area contributed by atoms with Crippen LogP contribution < -0.4 is 10.6 Å². The summed E-state index contributed by atoms with van der Waals surface area (Å²) in [6.45, 7) is 10.9. The molecule has 2 atom stereocenters. The van der Waals surface area contributed by atoms with E-state index in [9.17, 15) is 9.59 Å². The molecule has 1 aromatic heterocycles. The van der Waals surface area contributed by atoms with E-state index in [1.807, 2.05) is 39.0 Å². The van der Waals surface area contributed by atoms with Gasteiger partial charge in [0.15, 0.2) is 10.9 Å². The van der Waals surface area contributed by atoms with Gasteiger partial charge in [0.25, 0.3) is 0 Å². The van der Waals surface area contributed by atoms with E-state index in [-0.39, 0.29) is 5.78 Å².